The first-order chi connectivity index (χ1) is 20.0. The minimum Gasteiger partial charge on any atom is -0.616 e. The van der Waals surface area contributed by atoms with Gasteiger partial charge in [0.15, 0.2) is 0 Å². The zero-order chi connectivity index (χ0) is 28.3. The number of aromatic nitrogens is 2. The molecule has 11 heteroatoms. The quantitative estimate of drug-likeness (QED) is 0.334. The minimum atomic E-state index is -0.709. The Hall–Kier alpha value is -3.54. The second kappa shape index (κ2) is 12.1. The molecule has 10 nitrogen and oxygen atoms in total. The maximum absolute atomic E-state index is 12.2. The number of phenols is 1. The van der Waals surface area contributed by atoms with Gasteiger partial charge in [-0.1, -0.05) is 42.0 Å². The van der Waals surface area contributed by atoms with Crippen LogP contribution in [0, 0.1) is 0 Å². The molecule has 0 unspecified atom stereocenters. The average Bonchev–Trinajstić information content (AvgIpc) is 3.00. The van der Waals surface area contributed by atoms with Crippen LogP contribution in [0.2, 0.25) is 0 Å². The SMILES string of the molecule is C=CC(=O)N1CCN(c2nc(OCCN3CC[S+]([O-])CC3)nc3c2CCN(c2cc(O)cc4ccccc24)C3)CC1. The van der Waals surface area contributed by atoms with E-state index in [1.165, 1.54) is 6.08 Å². The number of benzene rings is 2. The summed E-state index contributed by atoms with van der Waals surface area (Å²) in [6, 6.07) is 12.1. The highest BCUT2D eigenvalue weighted by atomic mass is 32.2. The van der Waals surface area contributed by atoms with Gasteiger partial charge in [0.25, 0.3) is 0 Å². The van der Waals surface area contributed by atoms with Gasteiger partial charge in [-0.15, -0.1) is 0 Å². The summed E-state index contributed by atoms with van der Waals surface area (Å²) in [4.78, 5) is 30.5. The number of aromatic hydroxyl groups is 1. The minimum absolute atomic E-state index is 0.0473. The molecule has 3 aliphatic rings. The Morgan fingerprint density at radius 3 is 2.61 bits per heavy atom. The number of rotatable bonds is 7. The van der Waals surface area contributed by atoms with Crippen molar-refractivity contribution < 1.29 is 19.2 Å². The average molecular weight is 577 g/mol. The van der Waals surface area contributed by atoms with E-state index in [4.69, 9.17) is 14.7 Å². The first-order valence-electron chi connectivity index (χ1n) is 14.2. The summed E-state index contributed by atoms with van der Waals surface area (Å²) in [7, 11) is 0. The molecule has 0 spiro atoms. The largest absolute Gasteiger partial charge is 0.616 e. The van der Waals surface area contributed by atoms with E-state index in [1.807, 2.05) is 29.2 Å². The number of hydrogen-bond donors (Lipinski definition) is 1. The van der Waals surface area contributed by atoms with Gasteiger partial charge in [0.1, 0.15) is 29.7 Å². The lowest BCUT2D eigenvalue weighted by molar-refractivity contribution is -0.126. The van der Waals surface area contributed by atoms with Crippen LogP contribution in [0.1, 0.15) is 11.3 Å². The van der Waals surface area contributed by atoms with Crippen molar-refractivity contribution in [1.82, 2.24) is 19.8 Å². The van der Waals surface area contributed by atoms with Crippen molar-refractivity contribution in [3.8, 4) is 11.8 Å². The number of ether oxygens (including phenoxy) is 1. The van der Waals surface area contributed by atoms with E-state index in [1.54, 1.807) is 6.07 Å². The molecule has 2 aromatic carbocycles. The third-order valence-corrected chi connectivity index (χ3v) is 9.44. The molecular weight excluding hydrogens is 540 g/mol. The molecule has 1 amide bonds. The van der Waals surface area contributed by atoms with Crippen LogP contribution in [0.4, 0.5) is 11.5 Å². The molecule has 0 radical (unpaired) electrons. The Morgan fingerprint density at radius 2 is 1.83 bits per heavy atom. The van der Waals surface area contributed by atoms with E-state index in [-0.39, 0.29) is 11.7 Å². The van der Waals surface area contributed by atoms with Gasteiger partial charge in [-0.25, -0.2) is 0 Å². The Balaban J connectivity index is 1.26. The van der Waals surface area contributed by atoms with Crippen LogP contribution < -0.4 is 14.5 Å². The standard InChI is InChI=1S/C30H36N6O4S/c1-2-28(38)34-9-11-35(12-10-34)29-25-7-8-36(27-20-23(37)19-22-5-3-4-6-24(22)27)21-26(25)31-30(32-29)40-16-13-33-14-17-41(39)18-15-33/h2-6,19-20,37H,1,7-18,21H2. The molecule has 4 heterocycles. The van der Waals surface area contributed by atoms with Crippen molar-refractivity contribution in [2.75, 3.05) is 80.3 Å². The third kappa shape index (κ3) is 6.07. The number of phenolic OH excluding ortho intramolecular Hbond substituents is 1. The van der Waals surface area contributed by atoms with E-state index >= 15 is 0 Å². The molecule has 0 bridgehead atoms. The van der Waals surface area contributed by atoms with E-state index in [0.717, 1.165) is 66.1 Å². The first kappa shape index (κ1) is 27.6. The van der Waals surface area contributed by atoms with Crippen LogP contribution in [0.3, 0.4) is 0 Å². The summed E-state index contributed by atoms with van der Waals surface area (Å²) in [6.45, 7) is 10.3. The normalized spacial score (nSPS) is 18.4. The Kier molecular flexibility index (Phi) is 8.18. The summed E-state index contributed by atoms with van der Waals surface area (Å²) in [5.74, 6) is 2.49. The number of amides is 1. The summed E-state index contributed by atoms with van der Waals surface area (Å²) in [5.41, 5.74) is 3.01. The topological polar surface area (TPSA) is 108 Å². The van der Waals surface area contributed by atoms with E-state index in [9.17, 15) is 14.5 Å². The lowest BCUT2D eigenvalue weighted by Gasteiger charge is -2.38. The molecule has 6 rings (SSSR count). The first-order valence-corrected chi connectivity index (χ1v) is 15.7. The fraction of sp³-hybridized carbons (Fsp3) is 0.433. The Bertz CT molecular complexity index is 1420. The second-order valence-corrected chi connectivity index (χ2v) is 12.4. The number of carbonyl (C=O) groups is 1. The van der Waals surface area contributed by atoms with Gasteiger partial charge >= 0.3 is 6.01 Å². The monoisotopic (exact) mass is 576 g/mol. The molecule has 0 atom stereocenters. The summed E-state index contributed by atoms with van der Waals surface area (Å²) < 4.78 is 17.8. The Morgan fingerprint density at radius 1 is 1.05 bits per heavy atom. The zero-order valence-corrected chi connectivity index (χ0v) is 24.0. The molecule has 3 aromatic rings. The maximum atomic E-state index is 12.2. The Labute approximate surface area is 243 Å². The number of carbonyl (C=O) groups excluding carboxylic acids is 1. The van der Waals surface area contributed by atoms with Crippen LogP contribution in [0.25, 0.3) is 10.8 Å². The molecule has 3 aliphatic heterocycles. The number of anilines is 2. The highest BCUT2D eigenvalue weighted by Crippen LogP contribution is 2.36. The van der Waals surface area contributed by atoms with Gasteiger partial charge in [0.05, 0.1) is 12.2 Å². The van der Waals surface area contributed by atoms with Crippen molar-refractivity contribution in [2.24, 2.45) is 0 Å². The van der Waals surface area contributed by atoms with Crippen molar-refractivity contribution in [3.63, 3.8) is 0 Å². The molecule has 0 saturated carbocycles. The van der Waals surface area contributed by atoms with Crippen molar-refractivity contribution in [3.05, 3.63) is 60.3 Å². The molecule has 216 valence electrons. The molecule has 0 aliphatic carbocycles. The molecule has 41 heavy (non-hydrogen) atoms. The van der Waals surface area contributed by atoms with Crippen LogP contribution in [-0.2, 0) is 28.9 Å². The molecule has 1 aromatic heterocycles. The smallest absolute Gasteiger partial charge is 0.318 e. The van der Waals surface area contributed by atoms with Crippen LogP contribution in [0.15, 0.2) is 49.1 Å². The van der Waals surface area contributed by atoms with Crippen LogP contribution in [0.5, 0.6) is 11.8 Å². The van der Waals surface area contributed by atoms with Crippen LogP contribution in [-0.4, -0.2) is 106 Å². The van der Waals surface area contributed by atoms with Gasteiger partial charge in [-0.2, -0.15) is 9.97 Å². The number of hydrogen-bond acceptors (Lipinski definition) is 9. The highest BCUT2D eigenvalue weighted by Gasteiger charge is 2.29. The van der Waals surface area contributed by atoms with Gasteiger partial charge in [-0.3, -0.25) is 9.69 Å². The maximum Gasteiger partial charge on any atom is 0.318 e. The summed E-state index contributed by atoms with van der Waals surface area (Å²) >= 11 is -0.709. The van der Waals surface area contributed by atoms with Gasteiger partial charge < -0.3 is 29.1 Å². The summed E-state index contributed by atoms with van der Waals surface area (Å²) in [5, 5.41) is 12.5. The number of piperazine rings is 1. The fourth-order valence-electron chi connectivity index (χ4n) is 5.89. The van der Waals surface area contributed by atoms with E-state index in [2.05, 4.69) is 27.3 Å². The number of fused-ring (bicyclic) bond motifs is 2. The fourth-order valence-corrected chi connectivity index (χ4v) is 7.02. The predicted molar refractivity (Wildman–Crippen MR) is 161 cm³/mol. The predicted octanol–water partition coefficient (Wildman–Crippen LogP) is 2.18. The van der Waals surface area contributed by atoms with E-state index < -0.39 is 11.2 Å². The third-order valence-electron chi connectivity index (χ3n) is 8.16. The molecular formula is C30H36N6O4S. The van der Waals surface area contributed by atoms with Gasteiger partial charge in [0.2, 0.25) is 5.91 Å². The zero-order valence-electron chi connectivity index (χ0n) is 23.2. The molecule has 2 saturated heterocycles. The van der Waals surface area contributed by atoms with Crippen LogP contribution >= 0.6 is 0 Å². The lowest BCUT2D eigenvalue weighted by atomic mass is 10.0. The summed E-state index contributed by atoms with van der Waals surface area (Å²) in [6.07, 6.45) is 2.12. The van der Waals surface area contributed by atoms with Crippen molar-refractivity contribution in [1.29, 1.82) is 0 Å². The lowest BCUT2D eigenvalue weighted by Crippen LogP contribution is -2.49. The van der Waals surface area contributed by atoms with Gasteiger partial charge in [0, 0.05) is 75.1 Å². The van der Waals surface area contributed by atoms with Crippen molar-refractivity contribution >= 4 is 39.4 Å². The van der Waals surface area contributed by atoms with Crippen molar-refractivity contribution in [2.45, 2.75) is 13.0 Å². The van der Waals surface area contributed by atoms with E-state index in [0.29, 0.717) is 56.8 Å². The second-order valence-electron chi connectivity index (χ2n) is 10.7. The highest BCUT2D eigenvalue weighted by molar-refractivity contribution is 7.91. The van der Waals surface area contributed by atoms with Gasteiger partial charge in [-0.05, 0) is 23.9 Å². The molecule has 1 N–H and O–H groups in total. The molecule has 2 fully saturated rings. The number of nitrogens with zero attached hydrogens (tertiary/aromatic N) is 6.